The summed E-state index contributed by atoms with van der Waals surface area (Å²) in [5.74, 6) is 0.588. The number of ether oxygens (including phenoxy) is 2. The van der Waals surface area contributed by atoms with E-state index in [9.17, 15) is 18.0 Å². The zero-order chi connectivity index (χ0) is 24.5. The molecule has 0 saturated heterocycles. The maximum Gasteiger partial charge on any atom is 0.419 e. The first-order chi connectivity index (χ1) is 16.0. The van der Waals surface area contributed by atoms with Crippen LogP contribution in [0.1, 0.15) is 31.9 Å². The number of carbonyl (C=O) groups excluding carboxylic acids is 1. The van der Waals surface area contributed by atoms with Gasteiger partial charge >= 0.3 is 12.3 Å². The van der Waals surface area contributed by atoms with Gasteiger partial charge in [0.05, 0.1) is 22.5 Å². The van der Waals surface area contributed by atoms with Gasteiger partial charge in [-0.25, -0.2) is 9.36 Å². The number of hydrogen-bond donors (Lipinski definition) is 0. The lowest BCUT2D eigenvalue weighted by Crippen LogP contribution is -2.27. The zero-order valence-corrected chi connectivity index (χ0v) is 18.9. The predicted molar refractivity (Wildman–Crippen MR) is 123 cm³/mol. The molecule has 0 saturated carbocycles. The Morgan fingerprint density at radius 2 is 1.71 bits per heavy atom. The van der Waals surface area contributed by atoms with E-state index in [1.54, 1.807) is 45.0 Å². The van der Waals surface area contributed by atoms with Crippen molar-refractivity contribution in [2.45, 2.75) is 39.2 Å². The summed E-state index contributed by atoms with van der Waals surface area (Å²) in [6.07, 6.45) is -4.41. The number of rotatable bonds is 4. The van der Waals surface area contributed by atoms with Gasteiger partial charge in [-0.15, -0.1) is 0 Å². The van der Waals surface area contributed by atoms with E-state index in [4.69, 9.17) is 9.47 Å². The van der Waals surface area contributed by atoms with Gasteiger partial charge in [0.15, 0.2) is 0 Å². The Bertz CT molecular complexity index is 1310. The monoisotopic (exact) mass is 468 g/mol. The lowest BCUT2D eigenvalue weighted by atomic mass is 10.2. The van der Waals surface area contributed by atoms with Gasteiger partial charge in [0, 0.05) is 11.6 Å². The molecule has 8 heteroatoms. The van der Waals surface area contributed by atoms with E-state index >= 15 is 0 Å². The largest absolute Gasteiger partial charge is 0.489 e. The summed E-state index contributed by atoms with van der Waals surface area (Å²) in [6, 6.07) is 18.8. The smallest absolute Gasteiger partial charge is 0.419 e. The molecule has 0 bridgehead atoms. The minimum Gasteiger partial charge on any atom is -0.489 e. The number of hydrogen-bond acceptors (Lipinski definition) is 4. The van der Waals surface area contributed by atoms with Gasteiger partial charge < -0.3 is 9.47 Å². The Hall–Kier alpha value is -3.81. The molecule has 0 aliphatic carbocycles. The molecule has 0 amide bonds. The third kappa shape index (κ3) is 5.22. The molecular weight excluding hydrogens is 445 g/mol. The van der Waals surface area contributed by atoms with Crippen LogP contribution in [0, 0.1) is 0 Å². The van der Waals surface area contributed by atoms with Crippen molar-refractivity contribution < 1.29 is 27.4 Å². The lowest BCUT2D eigenvalue weighted by Gasteiger charge is -2.21. The molecule has 4 aromatic rings. The highest BCUT2D eigenvalue weighted by Gasteiger charge is 2.31. The second kappa shape index (κ2) is 8.85. The quantitative estimate of drug-likeness (QED) is 0.321. The highest BCUT2D eigenvalue weighted by molar-refractivity contribution is 5.96. The van der Waals surface area contributed by atoms with E-state index < -0.39 is 23.4 Å². The Balaban J connectivity index is 1.74. The van der Waals surface area contributed by atoms with Gasteiger partial charge in [0.25, 0.3) is 0 Å². The molecule has 5 nitrogen and oxygen atoms in total. The highest BCUT2D eigenvalue weighted by atomic mass is 19.4. The minimum atomic E-state index is -4.51. The molecule has 0 unspecified atom stereocenters. The van der Waals surface area contributed by atoms with Crippen LogP contribution in [0.3, 0.4) is 0 Å². The number of halogens is 3. The number of benzene rings is 2. The van der Waals surface area contributed by atoms with Crippen LogP contribution in [0.25, 0.3) is 22.3 Å². The van der Waals surface area contributed by atoms with Crippen molar-refractivity contribution >= 4 is 17.0 Å². The third-order valence-corrected chi connectivity index (χ3v) is 4.95. The van der Waals surface area contributed by atoms with Crippen molar-refractivity contribution in [3.8, 4) is 17.1 Å². The number of pyridine rings is 1. The Kier molecular flexibility index (Phi) is 6.08. The standard InChI is InChI=1S/C26H23F3N2O3/c1-25(2,3)34-24(32)31-22-12-10-20(33-16-17-7-5-4-6-8-17)13-18(22)14-23(31)21-11-9-19(15-30-21)26(27,28)29/h4-15H,16H2,1-3H3. The van der Waals surface area contributed by atoms with Gasteiger partial charge in [0.2, 0.25) is 0 Å². The molecule has 34 heavy (non-hydrogen) atoms. The fraction of sp³-hybridized carbons (Fsp3) is 0.231. The minimum absolute atomic E-state index is 0.210. The summed E-state index contributed by atoms with van der Waals surface area (Å²) < 4.78 is 51.7. The molecule has 0 spiro atoms. The van der Waals surface area contributed by atoms with Gasteiger partial charge in [0.1, 0.15) is 18.0 Å². The molecule has 0 radical (unpaired) electrons. The van der Waals surface area contributed by atoms with Crippen molar-refractivity contribution in [1.82, 2.24) is 9.55 Å². The lowest BCUT2D eigenvalue weighted by molar-refractivity contribution is -0.137. The number of nitrogens with zero attached hydrogens (tertiary/aromatic N) is 2. The van der Waals surface area contributed by atoms with E-state index in [1.807, 2.05) is 30.3 Å². The topological polar surface area (TPSA) is 53.4 Å². The third-order valence-electron chi connectivity index (χ3n) is 4.95. The molecule has 2 aromatic heterocycles. The first-order valence-corrected chi connectivity index (χ1v) is 10.6. The van der Waals surface area contributed by atoms with Crippen LogP contribution in [0.4, 0.5) is 18.0 Å². The molecule has 0 aliphatic rings. The number of fused-ring (bicyclic) bond motifs is 1. The van der Waals surface area contributed by atoms with Gasteiger partial charge in [-0.3, -0.25) is 4.98 Å². The van der Waals surface area contributed by atoms with Crippen LogP contribution in [0.5, 0.6) is 5.75 Å². The summed E-state index contributed by atoms with van der Waals surface area (Å²) in [5.41, 5.74) is 0.423. The molecule has 4 rings (SSSR count). The van der Waals surface area contributed by atoms with E-state index in [0.29, 0.717) is 29.0 Å². The van der Waals surface area contributed by atoms with E-state index in [2.05, 4.69) is 4.98 Å². The fourth-order valence-electron chi connectivity index (χ4n) is 3.43. The summed E-state index contributed by atoms with van der Waals surface area (Å²) in [6.45, 7) is 5.58. The first-order valence-electron chi connectivity index (χ1n) is 10.6. The van der Waals surface area contributed by atoms with Crippen LogP contribution in [-0.4, -0.2) is 21.2 Å². The summed E-state index contributed by atoms with van der Waals surface area (Å²) in [5, 5.41) is 0.660. The Labute approximate surface area is 194 Å². The molecule has 0 N–H and O–H groups in total. The maximum absolute atomic E-state index is 13.1. The summed E-state index contributed by atoms with van der Waals surface area (Å²) >= 11 is 0. The molecule has 0 atom stereocenters. The van der Waals surface area contributed by atoms with Crippen LogP contribution in [0.15, 0.2) is 72.9 Å². The number of aromatic nitrogens is 2. The van der Waals surface area contributed by atoms with E-state index in [0.717, 1.165) is 17.8 Å². The average molecular weight is 468 g/mol. The molecule has 2 heterocycles. The fourth-order valence-corrected chi connectivity index (χ4v) is 3.43. The summed E-state index contributed by atoms with van der Waals surface area (Å²) in [7, 11) is 0. The Morgan fingerprint density at radius 1 is 0.971 bits per heavy atom. The molecule has 176 valence electrons. The van der Waals surface area contributed by atoms with Crippen LogP contribution in [-0.2, 0) is 17.5 Å². The van der Waals surface area contributed by atoms with Crippen molar-refractivity contribution in [3.05, 3.63) is 84.1 Å². The van der Waals surface area contributed by atoms with Crippen molar-refractivity contribution in [1.29, 1.82) is 0 Å². The predicted octanol–water partition coefficient (Wildman–Crippen LogP) is 7.08. The zero-order valence-electron chi connectivity index (χ0n) is 18.9. The highest BCUT2D eigenvalue weighted by Crippen LogP contribution is 2.33. The van der Waals surface area contributed by atoms with Gasteiger partial charge in [-0.05, 0) is 62.7 Å². The van der Waals surface area contributed by atoms with Gasteiger partial charge in [-0.2, -0.15) is 13.2 Å². The SMILES string of the molecule is CC(C)(C)OC(=O)n1c(-c2ccc(C(F)(F)F)cn2)cc2cc(OCc3ccccc3)ccc21. The Morgan fingerprint density at radius 3 is 2.32 bits per heavy atom. The first kappa shape index (κ1) is 23.4. The van der Waals surface area contributed by atoms with E-state index in [-0.39, 0.29) is 5.69 Å². The number of alkyl halides is 3. The van der Waals surface area contributed by atoms with E-state index in [1.165, 1.54) is 10.6 Å². The number of carbonyl (C=O) groups is 1. The molecule has 2 aromatic carbocycles. The summed E-state index contributed by atoms with van der Waals surface area (Å²) in [4.78, 5) is 17.0. The van der Waals surface area contributed by atoms with Crippen LogP contribution < -0.4 is 4.74 Å². The molecule has 0 aliphatic heterocycles. The average Bonchev–Trinajstić information content (AvgIpc) is 3.16. The van der Waals surface area contributed by atoms with Crippen molar-refractivity contribution in [3.63, 3.8) is 0 Å². The van der Waals surface area contributed by atoms with Gasteiger partial charge in [-0.1, -0.05) is 30.3 Å². The normalized spacial score (nSPS) is 12.1. The second-order valence-electron chi connectivity index (χ2n) is 8.77. The van der Waals surface area contributed by atoms with Crippen LogP contribution in [0.2, 0.25) is 0 Å². The molecule has 0 fully saturated rings. The van der Waals surface area contributed by atoms with Crippen molar-refractivity contribution in [2.24, 2.45) is 0 Å². The second-order valence-corrected chi connectivity index (χ2v) is 8.77. The molecular formula is C26H23F3N2O3. The van der Waals surface area contributed by atoms with Crippen molar-refractivity contribution in [2.75, 3.05) is 0 Å². The van der Waals surface area contributed by atoms with Crippen LogP contribution >= 0.6 is 0 Å². The maximum atomic E-state index is 13.1.